The highest BCUT2D eigenvalue weighted by Crippen LogP contribution is 2.26. The molecule has 2 rings (SSSR count). The number of nitrogens with one attached hydrogen (secondary N) is 1. The average Bonchev–Trinajstić information content (AvgIpc) is 2.43. The number of rotatable bonds is 7. The number of hydrogen-bond donors (Lipinski definition) is 1. The zero-order chi connectivity index (χ0) is 12.6. The summed E-state index contributed by atoms with van der Waals surface area (Å²) in [5.41, 5.74) is 3.01. The van der Waals surface area contributed by atoms with Crippen molar-refractivity contribution < 1.29 is 0 Å². The zero-order valence-electron chi connectivity index (χ0n) is 11.6. The average molecular weight is 246 g/mol. The highest BCUT2D eigenvalue weighted by atomic mass is 15.1. The molecule has 2 heteroatoms. The second-order valence-electron chi connectivity index (χ2n) is 5.18. The first kappa shape index (κ1) is 13.4. The maximum absolute atomic E-state index is 3.47. The summed E-state index contributed by atoms with van der Waals surface area (Å²) < 4.78 is 0. The van der Waals surface area contributed by atoms with Crippen molar-refractivity contribution in [3.8, 4) is 0 Å². The van der Waals surface area contributed by atoms with Crippen LogP contribution in [0, 0.1) is 0 Å². The predicted octanol–water partition coefficient (Wildman–Crippen LogP) is 3.22. The van der Waals surface area contributed by atoms with Crippen LogP contribution in [0.1, 0.15) is 38.2 Å². The third kappa shape index (κ3) is 3.74. The molecular weight excluding hydrogens is 220 g/mol. The van der Waals surface area contributed by atoms with E-state index in [0.717, 1.165) is 6.54 Å². The van der Waals surface area contributed by atoms with Gasteiger partial charge in [-0.25, -0.2) is 0 Å². The van der Waals surface area contributed by atoms with Crippen molar-refractivity contribution in [2.45, 2.75) is 39.0 Å². The normalized spacial score (nSPS) is 14.6. The van der Waals surface area contributed by atoms with E-state index < -0.39 is 0 Å². The summed E-state index contributed by atoms with van der Waals surface area (Å²) in [6, 6.07) is 8.89. The largest absolute Gasteiger partial charge is 0.371 e. The molecule has 0 unspecified atom stereocenters. The van der Waals surface area contributed by atoms with E-state index in [9.17, 15) is 0 Å². The lowest BCUT2D eigenvalue weighted by Gasteiger charge is -2.31. The Labute approximate surface area is 111 Å². The van der Waals surface area contributed by atoms with Gasteiger partial charge in [0.05, 0.1) is 0 Å². The van der Waals surface area contributed by atoms with Gasteiger partial charge in [0.15, 0.2) is 0 Å². The standard InChI is InChI=1S/C16H26N2/c1-2-11-17-12-5-6-13-18-14-7-9-15-8-3-4-10-16(15)18/h3-4,8,10,17H,2,5-7,9,11-14H2,1H3. The van der Waals surface area contributed by atoms with Crippen LogP contribution < -0.4 is 10.2 Å². The summed E-state index contributed by atoms with van der Waals surface area (Å²) in [6.45, 7) is 7.00. The first-order chi connectivity index (χ1) is 8.92. The van der Waals surface area contributed by atoms with Crippen LogP contribution in [0.2, 0.25) is 0 Å². The fourth-order valence-corrected chi connectivity index (χ4v) is 2.70. The number of aryl methyl sites for hydroxylation is 1. The van der Waals surface area contributed by atoms with Gasteiger partial charge in [-0.05, 0) is 56.8 Å². The van der Waals surface area contributed by atoms with Crippen LogP contribution in [0.4, 0.5) is 5.69 Å². The molecular formula is C16H26N2. The number of unbranched alkanes of at least 4 members (excludes halogenated alkanes) is 1. The van der Waals surface area contributed by atoms with Gasteiger partial charge in [0.2, 0.25) is 0 Å². The van der Waals surface area contributed by atoms with E-state index in [-0.39, 0.29) is 0 Å². The van der Waals surface area contributed by atoms with E-state index in [1.54, 1.807) is 0 Å². The first-order valence-corrected chi connectivity index (χ1v) is 7.45. The number of benzene rings is 1. The van der Waals surface area contributed by atoms with Crippen molar-refractivity contribution in [3.63, 3.8) is 0 Å². The number of anilines is 1. The van der Waals surface area contributed by atoms with Gasteiger partial charge in [-0.2, -0.15) is 0 Å². The third-order valence-corrected chi connectivity index (χ3v) is 3.66. The molecule has 0 atom stereocenters. The minimum atomic E-state index is 1.16. The van der Waals surface area contributed by atoms with E-state index in [4.69, 9.17) is 0 Å². The Morgan fingerprint density at radius 1 is 1.17 bits per heavy atom. The molecule has 18 heavy (non-hydrogen) atoms. The quantitative estimate of drug-likeness (QED) is 0.743. The highest BCUT2D eigenvalue weighted by Gasteiger charge is 2.14. The van der Waals surface area contributed by atoms with Crippen molar-refractivity contribution in [1.29, 1.82) is 0 Å². The van der Waals surface area contributed by atoms with Gasteiger partial charge in [-0.3, -0.25) is 0 Å². The van der Waals surface area contributed by atoms with Crippen LogP contribution >= 0.6 is 0 Å². The van der Waals surface area contributed by atoms with E-state index in [0.29, 0.717) is 0 Å². The van der Waals surface area contributed by atoms with Crippen LogP contribution in [-0.4, -0.2) is 26.2 Å². The van der Waals surface area contributed by atoms with Crippen molar-refractivity contribution in [2.75, 3.05) is 31.1 Å². The van der Waals surface area contributed by atoms with Gasteiger partial charge >= 0.3 is 0 Å². The predicted molar refractivity (Wildman–Crippen MR) is 79.4 cm³/mol. The van der Waals surface area contributed by atoms with Gasteiger partial charge in [0.25, 0.3) is 0 Å². The summed E-state index contributed by atoms with van der Waals surface area (Å²) in [7, 11) is 0. The maximum Gasteiger partial charge on any atom is 0.0398 e. The van der Waals surface area contributed by atoms with E-state index in [2.05, 4.69) is 41.4 Å². The van der Waals surface area contributed by atoms with Crippen molar-refractivity contribution in [3.05, 3.63) is 29.8 Å². The summed E-state index contributed by atoms with van der Waals surface area (Å²) in [5.74, 6) is 0. The smallest absolute Gasteiger partial charge is 0.0398 e. The summed E-state index contributed by atoms with van der Waals surface area (Å²) in [5, 5.41) is 3.47. The van der Waals surface area contributed by atoms with Gasteiger partial charge in [0, 0.05) is 18.8 Å². The molecule has 0 saturated heterocycles. The Hall–Kier alpha value is -1.02. The second kappa shape index (κ2) is 7.42. The van der Waals surface area contributed by atoms with Crippen molar-refractivity contribution >= 4 is 5.69 Å². The molecule has 1 aromatic rings. The lowest BCUT2D eigenvalue weighted by atomic mass is 10.0. The lowest BCUT2D eigenvalue weighted by Crippen LogP contribution is -2.30. The molecule has 1 aliphatic heterocycles. The molecule has 1 aliphatic rings. The highest BCUT2D eigenvalue weighted by molar-refractivity contribution is 5.55. The molecule has 0 aromatic heterocycles. The Kier molecular flexibility index (Phi) is 5.53. The number of nitrogens with zero attached hydrogens (tertiary/aromatic N) is 1. The van der Waals surface area contributed by atoms with Gasteiger partial charge in [-0.15, -0.1) is 0 Å². The fraction of sp³-hybridized carbons (Fsp3) is 0.625. The Morgan fingerprint density at radius 3 is 2.94 bits per heavy atom. The monoisotopic (exact) mass is 246 g/mol. The molecule has 1 aromatic carbocycles. The number of hydrogen-bond acceptors (Lipinski definition) is 2. The molecule has 100 valence electrons. The van der Waals surface area contributed by atoms with Crippen LogP contribution in [0.5, 0.6) is 0 Å². The molecule has 0 amide bonds. The number of fused-ring (bicyclic) bond motifs is 1. The maximum atomic E-state index is 3.47. The second-order valence-corrected chi connectivity index (χ2v) is 5.18. The Morgan fingerprint density at radius 2 is 2.06 bits per heavy atom. The van der Waals surface area contributed by atoms with E-state index >= 15 is 0 Å². The van der Waals surface area contributed by atoms with Gasteiger partial charge in [0.1, 0.15) is 0 Å². The topological polar surface area (TPSA) is 15.3 Å². The van der Waals surface area contributed by atoms with Crippen molar-refractivity contribution in [2.24, 2.45) is 0 Å². The zero-order valence-corrected chi connectivity index (χ0v) is 11.6. The van der Waals surface area contributed by atoms with E-state index in [1.807, 2.05) is 0 Å². The van der Waals surface area contributed by atoms with Crippen LogP contribution in [0.15, 0.2) is 24.3 Å². The van der Waals surface area contributed by atoms with Gasteiger partial charge in [-0.1, -0.05) is 25.1 Å². The SMILES string of the molecule is CCCNCCCCN1CCCc2ccccc21. The molecule has 0 spiro atoms. The first-order valence-electron chi connectivity index (χ1n) is 7.45. The van der Waals surface area contributed by atoms with Gasteiger partial charge < -0.3 is 10.2 Å². The minimum absolute atomic E-state index is 1.16. The molecule has 1 heterocycles. The molecule has 0 radical (unpaired) electrons. The van der Waals surface area contributed by atoms with Crippen molar-refractivity contribution in [1.82, 2.24) is 5.32 Å². The lowest BCUT2D eigenvalue weighted by molar-refractivity contribution is 0.596. The summed E-state index contributed by atoms with van der Waals surface area (Å²) in [6.07, 6.45) is 6.39. The van der Waals surface area contributed by atoms with Crippen LogP contribution in [0.25, 0.3) is 0 Å². The van der Waals surface area contributed by atoms with E-state index in [1.165, 1.54) is 63.0 Å². The minimum Gasteiger partial charge on any atom is -0.371 e. The Balaban J connectivity index is 1.74. The number of para-hydroxylation sites is 1. The van der Waals surface area contributed by atoms with Crippen LogP contribution in [-0.2, 0) is 6.42 Å². The molecule has 0 bridgehead atoms. The molecule has 2 nitrogen and oxygen atoms in total. The molecule has 0 saturated carbocycles. The summed E-state index contributed by atoms with van der Waals surface area (Å²) >= 11 is 0. The molecule has 1 N–H and O–H groups in total. The molecule has 0 fully saturated rings. The van der Waals surface area contributed by atoms with Crippen LogP contribution in [0.3, 0.4) is 0 Å². The third-order valence-electron chi connectivity index (χ3n) is 3.66. The molecule has 0 aliphatic carbocycles. The Bertz CT molecular complexity index is 349. The summed E-state index contributed by atoms with van der Waals surface area (Å²) in [4.78, 5) is 2.57. The fourth-order valence-electron chi connectivity index (χ4n) is 2.70.